The number of hydrogen-bond acceptors (Lipinski definition) is 2. The van der Waals surface area contributed by atoms with Crippen LogP contribution in [0, 0.1) is 5.41 Å². The lowest BCUT2D eigenvalue weighted by atomic mass is 9.89. The van der Waals surface area contributed by atoms with Crippen LogP contribution in [0.2, 0.25) is 0 Å². The first-order valence-corrected chi connectivity index (χ1v) is 7.11. The van der Waals surface area contributed by atoms with Crippen molar-refractivity contribution < 1.29 is 9.59 Å². The van der Waals surface area contributed by atoms with Gasteiger partial charge in [0.25, 0.3) is 0 Å². The molecule has 2 rings (SSSR count). The Bertz CT molecular complexity index is 371. The van der Waals surface area contributed by atoms with Gasteiger partial charge in [0.2, 0.25) is 5.91 Å². The molecule has 0 aromatic carbocycles. The maximum absolute atomic E-state index is 12.1. The fourth-order valence-corrected chi connectivity index (χ4v) is 2.68. The van der Waals surface area contributed by atoms with Gasteiger partial charge in [-0.05, 0) is 31.6 Å². The summed E-state index contributed by atoms with van der Waals surface area (Å²) < 4.78 is 0. The molecule has 1 atom stereocenters. The van der Waals surface area contributed by atoms with E-state index in [0.29, 0.717) is 12.7 Å². The minimum Gasteiger partial charge on any atom is -0.335 e. The molecule has 1 saturated carbocycles. The lowest BCUT2D eigenvalue weighted by Crippen LogP contribution is -2.44. The summed E-state index contributed by atoms with van der Waals surface area (Å²) >= 11 is 0. The first-order valence-electron chi connectivity index (χ1n) is 7.11. The average molecular weight is 267 g/mol. The molecule has 19 heavy (non-hydrogen) atoms. The monoisotopic (exact) mass is 267 g/mol. The number of rotatable bonds is 3. The summed E-state index contributed by atoms with van der Waals surface area (Å²) in [5, 5.41) is 2.99. The third-order valence-corrected chi connectivity index (χ3v) is 3.53. The molecule has 1 saturated heterocycles. The zero-order valence-corrected chi connectivity index (χ0v) is 12.4. The second-order valence-electron chi connectivity index (χ2n) is 7.05. The molecule has 0 aromatic heterocycles. The zero-order valence-electron chi connectivity index (χ0n) is 12.4. The van der Waals surface area contributed by atoms with Crippen LogP contribution in [0.5, 0.6) is 0 Å². The molecule has 2 aliphatic rings. The third kappa shape index (κ3) is 3.85. The Kier molecular flexibility index (Phi) is 3.74. The summed E-state index contributed by atoms with van der Waals surface area (Å²) in [5.41, 5.74) is 0.188. The fraction of sp³-hybridized carbons (Fsp3) is 0.857. The Morgan fingerprint density at radius 3 is 2.58 bits per heavy atom. The maximum Gasteiger partial charge on any atom is 0.319 e. The number of carbonyl (C=O) groups is 2. The van der Waals surface area contributed by atoms with E-state index in [0.717, 1.165) is 19.3 Å². The molecule has 5 heteroatoms. The van der Waals surface area contributed by atoms with E-state index in [-0.39, 0.29) is 29.9 Å². The highest BCUT2D eigenvalue weighted by Crippen LogP contribution is 2.29. The molecule has 108 valence electrons. The highest BCUT2D eigenvalue weighted by Gasteiger charge is 2.40. The molecule has 1 aliphatic heterocycles. The van der Waals surface area contributed by atoms with Crippen LogP contribution in [0.15, 0.2) is 0 Å². The van der Waals surface area contributed by atoms with Gasteiger partial charge >= 0.3 is 6.03 Å². The van der Waals surface area contributed by atoms with Crippen LogP contribution >= 0.6 is 0 Å². The Morgan fingerprint density at radius 1 is 1.42 bits per heavy atom. The van der Waals surface area contributed by atoms with Crippen LogP contribution in [0.25, 0.3) is 0 Å². The van der Waals surface area contributed by atoms with Crippen molar-refractivity contribution in [3.05, 3.63) is 0 Å². The normalized spacial score (nSPS) is 21.8. The van der Waals surface area contributed by atoms with Gasteiger partial charge in [0, 0.05) is 12.1 Å². The van der Waals surface area contributed by atoms with Gasteiger partial charge in [-0.2, -0.15) is 0 Å². The van der Waals surface area contributed by atoms with Crippen LogP contribution in [-0.4, -0.2) is 47.0 Å². The molecule has 1 aliphatic carbocycles. The van der Waals surface area contributed by atoms with Gasteiger partial charge in [-0.15, -0.1) is 0 Å². The minimum absolute atomic E-state index is 0.0844. The van der Waals surface area contributed by atoms with E-state index >= 15 is 0 Å². The Balaban J connectivity index is 1.82. The average Bonchev–Trinajstić information content (AvgIpc) is 2.99. The number of nitrogens with one attached hydrogen (secondary N) is 1. The SMILES string of the molecule is C[C@@H](CC(C)(C)C)NC(=O)N1CC(=O)N(C2CC2)C1. The van der Waals surface area contributed by atoms with Crippen molar-refractivity contribution in [1.82, 2.24) is 15.1 Å². The van der Waals surface area contributed by atoms with Crippen LogP contribution in [0.1, 0.15) is 47.0 Å². The van der Waals surface area contributed by atoms with Crippen LogP contribution in [0.4, 0.5) is 4.79 Å². The molecule has 0 bridgehead atoms. The second-order valence-corrected chi connectivity index (χ2v) is 7.05. The molecule has 2 fully saturated rings. The fourth-order valence-electron chi connectivity index (χ4n) is 2.68. The summed E-state index contributed by atoms with van der Waals surface area (Å²) in [4.78, 5) is 27.3. The number of hydrogen-bond donors (Lipinski definition) is 1. The zero-order chi connectivity index (χ0) is 14.2. The Hall–Kier alpha value is -1.26. The first kappa shape index (κ1) is 14.2. The molecule has 0 aromatic rings. The van der Waals surface area contributed by atoms with Crippen molar-refractivity contribution in [3.63, 3.8) is 0 Å². The predicted octanol–water partition coefficient (Wildman–Crippen LogP) is 1.78. The first-order chi connectivity index (χ1) is 8.76. The summed E-state index contributed by atoms with van der Waals surface area (Å²) in [5.74, 6) is 0.0844. The van der Waals surface area contributed by atoms with Gasteiger partial charge < -0.3 is 10.2 Å². The molecule has 0 spiro atoms. The van der Waals surface area contributed by atoms with E-state index in [1.54, 1.807) is 4.90 Å². The van der Waals surface area contributed by atoms with Gasteiger partial charge in [0.05, 0.1) is 6.67 Å². The van der Waals surface area contributed by atoms with Gasteiger partial charge in [-0.1, -0.05) is 20.8 Å². The standard InChI is InChI=1S/C14H25N3O2/c1-10(7-14(2,3)4)15-13(19)16-8-12(18)17(9-16)11-5-6-11/h10-11H,5-9H2,1-4H3,(H,15,19)/t10-/m0/s1. The lowest BCUT2D eigenvalue weighted by Gasteiger charge is -2.26. The van der Waals surface area contributed by atoms with E-state index in [9.17, 15) is 9.59 Å². The molecule has 3 amide bonds. The highest BCUT2D eigenvalue weighted by molar-refractivity contribution is 5.87. The molecule has 1 N–H and O–H groups in total. The molecule has 0 radical (unpaired) electrons. The highest BCUT2D eigenvalue weighted by atomic mass is 16.2. The molecule has 1 heterocycles. The van der Waals surface area contributed by atoms with E-state index < -0.39 is 0 Å². The summed E-state index contributed by atoms with van der Waals surface area (Å²) in [6, 6.07) is 0.392. The Labute approximate surface area is 115 Å². The van der Waals surface area contributed by atoms with Crippen molar-refractivity contribution >= 4 is 11.9 Å². The van der Waals surface area contributed by atoms with Crippen molar-refractivity contribution in [3.8, 4) is 0 Å². The molecule has 0 unspecified atom stereocenters. The van der Waals surface area contributed by atoms with Gasteiger partial charge in [0.15, 0.2) is 0 Å². The van der Waals surface area contributed by atoms with Crippen molar-refractivity contribution in [2.45, 2.75) is 59.0 Å². The van der Waals surface area contributed by atoms with Crippen LogP contribution in [-0.2, 0) is 4.79 Å². The topological polar surface area (TPSA) is 52.7 Å². The molecule has 5 nitrogen and oxygen atoms in total. The van der Waals surface area contributed by atoms with Crippen molar-refractivity contribution in [2.75, 3.05) is 13.2 Å². The largest absolute Gasteiger partial charge is 0.335 e. The van der Waals surface area contributed by atoms with E-state index in [2.05, 4.69) is 26.1 Å². The molecular weight excluding hydrogens is 242 g/mol. The Morgan fingerprint density at radius 2 is 2.05 bits per heavy atom. The number of nitrogens with zero attached hydrogens (tertiary/aromatic N) is 2. The minimum atomic E-state index is -0.117. The van der Waals surface area contributed by atoms with Gasteiger partial charge in [-0.3, -0.25) is 9.69 Å². The number of urea groups is 1. The number of carbonyl (C=O) groups excluding carboxylic acids is 2. The van der Waals surface area contributed by atoms with E-state index in [4.69, 9.17) is 0 Å². The second kappa shape index (κ2) is 5.02. The van der Waals surface area contributed by atoms with Crippen LogP contribution in [0.3, 0.4) is 0 Å². The lowest BCUT2D eigenvalue weighted by molar-refractivity contribution is -0.127. The number of amides is 3. The predicted molar refractivity (Wildman–Crippen MR) is 73.5 cm³/mol. The van der Waals surface area contributed by atoms with Crippen LogP contribution < -0.4 is 5.32 Å². The van der Waals surface area contributed by atoms with E-state index in [1.807, 2.05) is 11.8 Å². The molecular formula is C14H25N3O2. The van der Waals surface area contributed by atoms with Crippen molar-refractivity contribution in [2.24, 2.45) is 5.41 Å². The summed E-state index contributed by atoms with van der Waals surface area (Å²) in [6.07, 6.45) is 3.09. The third-order valence-electron chi connectivity index (χ3n) is 3.53. The van der Waals surface area contributed by atoms with Gasteiger partial charge in [0.1, 0.15) is 6.54 Å². The van der Waals surface area contributed by atoms with Gasteiger partial charge in [-0.25, -0.2) is 4.79 Å². The van der Waals surface area contributed by atoms with Crippen molar-refractivity contribution in [1.29, 1.82) is 0 Å². The summed E-state index contributed by atoms with van der Waals surface area (Å²) in [7, 11) is 0. The quantitative estimate of drug-likeness (QED) is 0.847. The van der Waals surface area contributed by atoms with E-state index in [1.165, 1.54) is 0 Å². The summed E-state index contributed by atoms with van der Waals surface area (Å²) in [6.45, 7) is 9.17. The smallest absolute Gasteiger partial charge is 0.319 e. The maximum atomic E-state index is 12.1.